The van der Waals surface area contributed by atoms with Crippen LogP contribution in [0.15, 0.2) is 30.5 Å². The SMILES string of the molecule is COc1cccc([C@@H](C)NCc2cnc(N(C)C)n2C)c1. The van der Waals surface area contributed by atoms with Crippen LogP contribution in [0.4, 0.5) is 5.95 Å². The normalized spacial score (nSPS) is 12.2. The van der Waals surface area contributed by atoms with E-state index in [9.17, 15) is 0 Å². The van der Waals surface area contributed by atoms with Crippen LogP contribution in [0.3, 0.4) is 0 Å². The number of hydrogen-bond donors (Lipinski definition) is 1. The lowest BCUT2D eigenvalue weighted by atomic mass is 10.1. The van der Waals surface area contributed by atoms with Crippen molar-refractivity contribution >= 4 is 5.95 Å². The van der Waals surface area contributed by atoms with Gasteiger partial charge in [-0.15, -0.1) is 0 Å². The number of aromatic nitrogens is 2. The van der Waals surface area contributed by atoms with Gasteiger partial charge in [-0.2, -0.15) is 0 Å². The van der Waals surface area contributed by atoms with Gasteiger partial charge in [0.25, 0.3) is 0 Å². The fourth-order valence-corrected chi connectivity index (χ4v) is 2.30. The van der Waals surface area contributed by atoms with Gasteiger partial charge in [-0.25, -0.2) is 4.98 Å². The number of ether oxygens (including phenoxy) is 1. The number of nitrogens with zero attached hydrogens (tertiary/aromatic N) is 3. The minimum atomic E-state index is 0.248. The zero-order valence-electron chi connectivity index (χ0n) is 13.4. The quantitative estimate of drug-likeness (QED) is 0.886. The smallest absolute Gasteiger partial charge is 0.204 e. The minimum Gasteiger partial charge on any atom is -0.497 e. The predicted octanol–water partition coefficient (Wildman–Crippen LogP) is 2.35. The molecule has 0 radical (unpaired) electrons. The Bertz CT molecular complexity index is 592. The molecule has 0 saturated heterocycles. The van der Waals surface area contributed by atoms with Crippen LogP contribution in [0.5, 0.6) is 5.75 Å². The van der Waals surface area contributed by atoms with Gasteiger partial charge >= 0.3 is 0 Å². The molecule has 0 aliphatic heterocycles. The van der Waals surface area contributed by atoms with Gasteiger partial charge in [0.1, 0.15) is 5.75 Å². The number of imidazole rings is 1. The van der Waals surface area contributed by atoms with Gasteiger partial charge in [0.2, 0.25) is 5.95 Å². The van der Waals surface area contributed by atoms with E-state index in [2.05, 4.69) is 33.9 Å². The van der Waals surface area contributed by atoms with E-state index in [4.69, 9.17) is 4.74 Å². The third-order valence-electron chi connectivity index (χ3n) is 3.64. The molecule has 0 aliphatic rings. The summed E-state index contributed by atoms with van der Waals surface area (Å²) < 4.78 is 7.37. The largest absolute Gasteiger partial charge is 0.497 e. The van der Waals surface area contributed by atoms with E-state index < -0.39 is 0 Å². The second-order valence-electron chi connectivity index (χ2n) is 5.38. The predicted molar refractivity (Wildman–Crippen MR) is 85.8 cm³/mol. The van der Waals surface area contributed by atoms with Crippen LogP contribution in [-0.2, 0) is 13.6 Å². The molecule has 1 aromatic carbocycles. The Kier molecular flexibility index (Phi) is 4.85. The van der Waals surface area contributed by atoms with E-state index in [0.717, 1.165) is 23.9 Å². The maximum Gasteiger partial charge on any atom is 0.204 e. The van der Waals surface area contributed by atoms with E-state index in [1.54, 1.807) is 7.11 Å². The molecule has 1 atom stereocenters. The van der Waals surface area contributed by atoms with E-state index >= 15 is 0 Å². The van der Waals surface area contributed by atoms with Gasteiger partial charge in [-0.05, 0) is 24.6 Å². The summed E-state index contributed by atoms with van der Waals surface area (Å²) in [6.07, 6.45) is 1.92. The first-order valence-corrected chi connectivity index (χ1v) is 7.08. The highest BCUT2D eigenvalue weighted by molar-refractivity contribution is 5.32. The van der Waals surface area contributed by atoms with Crippen molar-refractivity contribution in [3.8, 4) is 5.75 Å². The maximum atomic E-state index is 5.27. The van der Waals surface area contributed by atoms with Crippen molar-refractivity contribution in [1.82, 2.24) is 14.9 Å². The molecule has 2 rings (SSSR count). The zero-order valence-corrected chi connectivity index (χ0v) is 13.4. The Morgan fingerprint density at radius 2 is 2.14 bits per heavy atom. The Morgan fingerprint density at radius 3 is 2.76 bits per heavy atom. The fourth-order valence-electron chi connectivity index (χ4n) is 2.30. The van der Waals surface area contributed by atoms with Crippen molar-refractivity contribution in [2.75, 3.05) is 26.1 Å². The number of hydrogen-bond acceptors (Lipinski definition) is 4. The Morgan fingerprint density at radius 1 is 1.38 bits per heavy atom. The summed E-state index contributed by atoms with van der Waals surface area (Å²) >= 11 is 0. The van der Waals surface area contributed by atoms with Crippen LogP contribution in [0.2, 0.25) is 0 Å². The van der Waals surface area contributed by atoms with Gasteiger partial charge in [0, 0.05) is 33.7 Å². The zero-order chi connectivity index (χ0) is 15.4. The van der Waals surface area contributed by atoms with Gasteiger partial charge in [-0.1, -0.05) is 12.1 Å². The number of benzene rings is 1. The van der Waals surface area contributed by atoms with Crippen molar-refractivity contribution in [1.29, 1.82) is 0 Å². The molecular weight excluding hydrogens is 264 g/mol. The summed E-state index contributed by atoms with van der Waals surface area (Å²) in [5.74, 6) is 1.84. The standard InChI is InChI=1S/C16H24N4O/c1-12(13-7-6-8-15(9-13)21-5)17-10-14-11-18-16(19(2)3)20(14)4/h6-9,11-12,17H,10H2,1-5H3/t12-/m1/s1. The summed E-state index contributed by atoms with van der Waals surface area (Å²) in [5.41, 5.74) is 2.37. The lowest BCUT2D eigenvalue weighted by Crippen LogP contribution is -2.20. The van der Waals surface area contributed by atoms with Crippen LogP contribution in [-0.4, -0.2) is 30.8 Å². The van der Waals surface area contributed by atoms with E-state index in [1.807, 2.05) is 44.4 Å². The van der Waals surface area contributed by atoms with Crippen LogP contribution in [0.1, 0.15) is 24.2 Å². The topological polar surface area (TPSA) is 42.3 Å². The Balaban J connectivity index is 2.02. The molecule has 0 amide bonds. The van der Waals surface area contributed by atoms with Crippen molar-refractivity contribution in [3.63, 3.8) is 0 Å². The highest BCUT2D eigenvalue weighted by Crippen LogP contribution is 2.19. The van der Waals surface area contributed by atoms with E-state index in [-0.39, 0.29) is 6.04 Å². The Labute approximate surface area is 126 Å². The lowest BCUT2D eigenvalue weighted by Gasteiger charge is -2.16. The molecular formula is C16H24N4O. The summed E-state index contributed by atoms with van der Waals surface area (Å²) in [4.78, 5) is 6.43. The molecule has 5 heteroatoms. The van der Waals surface area contributed by atoms with Crippen LogP contribution in [0.25, 0.3) is 0 Å². The van der Waals surface area contributed by atoms with Crippen LogP contribution in [0, 0.1) is 0 Å². The monoisotopic (exact) mass is 288 g/mol. The van der Waals surface area contributed by atoms with Crippen molar-refractivity contribution in [2.45, 2.75) is 19.5 Å². The minimum absolute atomic E-state index is 0.248. The number of anilines is 1. The fraction of sp³-hybridized carbons (Fsp3) is 0.438. The molecule has 0 fully saturated rings. The van der Waals surface area contributed by atoms with Crippen LogP contribution < -0.4 is 15.0 Å². The summed E-state index contributed by atoms with van der Waals surface area (Å²) in [6, 6.07) is 8.39. The number of methoxy groups -OCH3 is 1. The second kappa shape index (κ2) is 6.63. The molecule has 1 aromatic heterocycles. The average molecular weight is 288 g/mol. The summed E-state index contributed by atoms with van der Waals surface area (Å²) in [6.45, 7) is 2.92. The molecule has 0 bridgehead atoms. The lowest BCUT2D eigenvalue weighted by molar-refractivity contribution is 0.413. The summed E-state index contributed by atoms with van der Waals surface area (Å²) in [5, 5.41) is 3.52. The molecule has 1 N–H and O–H groups in total. The second-order valence-corrected chi connectivity index (χ2v) is 5.38. The highest BCUT2D eigenvalue weighted by atomic mass is 16.5. The van der Waals surface area contributed by atoms with Crippen molar-refractivity contribution in [3.05, 3.63) is 41.7 Å². The first-order valence-electron chi connectivity index (χ1n) is 7.08. The molecule has 2 aromatic rings. The molecule has 21 heavy (non-hydrogen) atoms. The molecule has 0 aliphatic carbocycles. The Hall–Kier alpha value is -2.01. The third-order valence-corrected chi connectivity index (χ3v) is 3.64. The van der Waals surface area contributed by atoms with Crippen molar-refractivity contribution < 1.29 is 4.74 Å². The molecule has 1 heterocycles. The van der Waals surface area contributed by atoms with E-state index in [1.165, 1.54) is 5.56 Å². The van der Waals surface area contributed by atoms with Gasteiger partial charge < -0.3 is 19.5 Å². The molecule has 5 nitrogen and oxygen atoms in total. The van der Waals surface area contributed by atoms with Gasteiger partial charge in [0.05, 0.1) is 19.0 Å². The molecule has 0 unspecified atom stereocenters. The van der Waals surface area contributed by atoms with Crippen LogP contribution >= 0.6 is 0 Å². The first kappa shape index (κ1) is 15.4. The van der Waals surface area contributed by atoms with Gasteiger partial charge in [0.15, 0.2) is 0 Å². The molecule has 0 spiro atoms. The first-order chi connectivity index (χ1) is 10.0. The average Bonchev–Trinajstić information content (AvgIpc) is 2.86. The summed E-state index contributed by atoms with van der Waals surface area (Å²) in [7, 11) is 7.72. The number of nitrogens with one attached hydrogen (secondary N) is 1. The third kappa shape index (κ3) is 3.55. The van der Waals surface area contributed by atoms with Gasteiger partial charge in [-0.3, -0.25) is 0 Å². The molecule has 0 saturated carbocycles. The van der Waals surface area contributed by atoms with E-state index in [0.29, 0.717) is 0 Å². The number of rotatable bonds is 6. The van der Waals surface area contributed by atoms with Crippen molar-refractivity contribution in [2.24, 2.45) is 7.05 Å². The molecule has 114 valence electrons. The highest BCUT2D eigenvalue weighted by Gasteiger charge is 2.10. The maximum absolute atomic E-state index is 5.27.